The molecule has 1 saturated carbocycles. The fourth-order valence-electron chi connectivity index (χ4n) is 1.83. The second kappa shape index (κ2) is 7.41. The third-order valence-corrected chi connectivity index (χ3v) is 5.17. The van der Waals surface area contributed by atoms with Gasteiger partial charge in [0.2, 0.25) is 10.0 Å². The van der Waals surface area contributed by atoms with Gasteiger partial charge in [0.15, 0.2) is 0 Å². The molecule has 1 aliphatic rings. The van der Waals surface area contributed by atoms with Crippen LogP contribution in [0.25, 0.3) is 0 Å². The Hall–Kier alpha value is -1.15. The van der Waals surface area contributed by atoms with E-state index in [0.717, 1.165) is 12.8 Å². The van der Waals surface area contributed by atoms with Gasteiger partial charge in [-0.25, -0.2) is 13.1 Å². The van der Waals surface area contributed by atoms with E-state index in [1.165, 1.54) is 24.3 Å². The van der Waals surface area contributed by atoms with Crippen LogP contribution in [0.15, 0.2) is 29.2 Å². The van der Waals surface area contributed by atoms with Crippen molar-refractivity contribution >= 4 is 28.3 Å². The largest absolute Gasteiger partial charge is 0.338 e. The van der Waals surface area contributed by atoms with Gasteiger partial charge in [0.25, 0.3) is 5.91 Å². The second-order valence-corrected chi connectivity index (χ2v) is 7.13. The van der Waals surface area contributed by atoms with Crippen LogP contribution in [-0.4, -0.2) is 44.9 Å². The van der Waals surface area contributed by atoms with Gasteiger partial charge in [0.05, 0.1) is 4.90 Å². The number of nitrogens with one attached hydrogen (secondary N) is 1. The molecule has 0 heterocycles. The maximum Gasteiger partial charge on any atom is 0.253 e. The zero-order valence-corrected chi connectivity index (χ0v) is 14.3. The molecule has 0 aromatic heterocycles. The Bertz CT molecular complexity index is 615. The highest BCUT2D eigenvalue weighted by Crippen LogP contribution is 2.22. The number of benzene rings is 1. The molecule has 22 heavy (non-hydrogen) atoms. The van der Waals surface area contributed by atoms with Crippen LogP contribution >= 0.6 is 12.4 Å². The highest BCUT2D eigenvalue weighted by Gasteiger charge is 2.28. The van der Waals surface area contributed by atoms with Gasteiger partial charge in [0.1, 0.15) is 0 Å². The summed E-state index contributed by atoms with van der Waals surface area (Å²) in [6.07, 6.45) is 1.77. The predicted molar refractivity (Wildman–Crippen MR) is 87.6 cm³/mol. The monoisotopic (exact) mass is 347 g/mol. The number of likely N-dealkylation sites (N-methyl/N-ethyl adjacent to an activating group) is 1. The van der Waals surface area contributed by atoms with Gasteiger partial charge in [0, 0.05) is 31.2 Å². The summed E-state index contributed by atoms with van der Waals surface area (Å²) in [6.45, 7) is 2.23. The van der Waals surface area contributed by atoms with E-state index >= 15 is 0 Å². The van der Waals surface area contributed by atoms with Crippen LogP contribution in [0, 0.1) is 0 Å². The molecule has 1 fully saturated rings. The molecule has 0 bridgehead atoms. The summed E-state index contributed by atoms with van der Waals surface area (Å²) in [7, 11) is -1.80. The SMILES string of the molecule is CC(CN)N(C)C(=O)c1ccc(S(=O)(=O)NC2CC2)cc1.Cl. The molecule has 1 amide bonds. The summed E-state index contributed by atoms with van der Waals surface area (Å²) in [5, 5.41) is 0. The standard InChI is InChI=1S/C14H21N3O3S.ClH/c1-10(9-15)17(2)14(18)11-3-7-13(8-4-11)21(19,20)16-12-5-6-12;/h3-4,7-8,10,12,16H,5-6,9,15H2,1-2H3;1H. The highest BCUT2D eigenvalue weighted by atomic mass is 35.5. The molecule has 6 nitrogen and oxygen atoms in total. The van der Waals surface area contributed by atoms with Crippen LogP contribution in [-0.2, 0) is 10.0 Å². The summed E-state index contributed by atoms with van der Waals surface area (Å²) in [4.78, 5) is 13.9. The minimum absolute atomic E-state index is 0. The lowest BCUT2D eigenvalue weighted by Crippen LogP contribution is -2.39. The van der Waals surface area contributed by atoms with Crippen LogP contribution in [0.3, 0.4) is 0 Å². The molecule has 3 N–H and O–H groups in total. The molecule has 1 aliphatic carbocycles. The Labute approximate surface area is 137 Å². The number of amides is 1. The number of hydrogen-bond acceptors (Lipinski definition) is 4. The molecule has 1 atom stereocenters. The Morgan fingerprint density at radius 1 is 1.36 bits per heavy atom. The number of halogens is 1. The zero-order chi connectivity index (χ0) is 15.6. The van der Waals surface area contributed by atoms with E-state index in [1.54, 1.807) is 11.9 Å². The van der Waals surface area contributed by atoms with E-state index in [1.807, 2.05) is 6.92 Å². The first kappa shape index (κ1) is 18.9. The average Bonchev–Trinajstić information content (AvgIpc) is 3.28. The van der Waals surface area contributed by atoms with E-state index in [9.17, 15) is 13.2 Å². The van der Waals surface area contributed by atoms with Gasteiger partial charge in [-0.1, -0.05) is 0 Å². The molecule has 1 aromatic rings. The van der Waals surface area contributed by atoms with Crippen molar-refractivity contribution in [2.45, 2.75) is 36.7 Å². The van der Waals surface area contributed by atoms with E-state index in [2.05, 4.69) is 4.72 Å². The molecule has 124 valence electrons. The third-order valence-electron chi connectivity index (χ3n) is 3.63. The first-order chi connectivity index (χ1) is 9.85. The fourth-order valence-corrected chi connectivity index (χ4v) is 3.13. The maximum atomic E-state index is 12.2. The molecular formula is C14H22ClN3O3S. The number of carbonyl (C=O) groups is 1. The van der Waals surface area contributed by atoms with Crippen molar-refractivity contribution < 1.29 is 13.2 Å². The van der Waals surface area contributed by atoms with Gasteiger partial charge in [-0.3, -0.25) is 4.79 Å². The molecule has 0 aliphatic heterocycles. The first-order valence-corrected chi connectivity index (χ1v) is 8.43. The number of hydrogen-bond donors (Lipinski definition) is 2. The van der Waals surface area contributed by atoms with Crippen molar-refractivity contribution in [1.82, 2.24) is 9.62 Å². The number of sulfonamides is 1. The fraction of sp³-hybridized carbons (Fsp3) is 0.500. The lowest BCUT2D eigenvalue weighted by Gasteiger charge is -2.23. The molecule has 1 unspecified atom stereocenters. The van der Waals surface area contributed by atoms with E-state index in [0.29, 0.717) is 12.1 Å². The summed E-state index contributed by atoms with van der Waals surface area (Å²) < 4.78 is 26.7. The number of nitrogens with zero attached hydrogens (tertiary/aromatic N) is 1. The summed E-state index contributed by atoms with van der Waals surface area (Å²) in [5.41, 5.74) is 5.99. The lowest BCUT2D eigenvalue weighted by atomic mass is 10.2. The number of rotatable bonds is 6. The second-order valence-electron chi connectivity index (χ2n) is 5.42. The van der Waals surface area contributed by atoms with E-state index in [4.69, 9.17) is 5.73 Å². The van der Waals surface area contributed by atoms with Crippen molar-refractivity contribution in [3.05, 3.63) is 29.8 Å². The minimum atomic E-state index is -3.48. The van der Waals surface area contributed by atoms with Gasteiger partial charge < -0.3 is 10.6 Å². The zero-order valence-electron chi connectivity index (χ0n) is 12.7. The van der Waals surface area contributed by atoms with Gasteiger partial charge in [-0.2, -0.15) is 0 Å². The lowest BCUT2D eigenvalue weighted by molar-refractivity contribution is 0.0748. The van der Waals surface area contributed by atoms with Crippen LogP contribution < -0.4 is 10.5 Å². The summed E-state index contributed by atoms with van der Waals surface area (Å²) >= 11 is 0. The van der Waals surface area contributed by atoms with E-state index in [-0.39, 0.29) is 35.3 Å². The third kappa shape index (κ3) is 4.42. The summed E-state index contributed by atoms with van der Waals surface area (Å²) in [5.74, 6) is -0.174. The van der Waals surface area contributed by atoms with Gasteiger partial charge in [-0.15, -0.1) is 12.4 Å². The molecule has 0 radical (unpaired) electrons. The Kier molecular flexibility index (Phi) is 6.37. The quantitative estimate of drug-likeness (QED) is 0.802. The van der Waals surface area contributed by atoms with Crippen molar-refractivity contribution in [2.75, 3.05) is 13.6 Å². The summed E-state index contributed by atoms with van der Waals surface area (Å²) in [6, 6.07) is 5.97. The van der Waals surface area contributed by atoms with Crippen LogP contribution in [0.1, 0.15) is 30.1 Å². The van der Waals surface area contributed by atoms with Crippen molar-refractivity contribution in [3.8, 4) is 0 Å². The highest BCUT2D eigenvalue weighted by molar-refractivity contribution is 7.89. The molecule has 8 heteroatoms. The normalized spacial score (nSPS) is 15.8. The Morgan fingerprint density at radius 2 is 1.91 bits per heavy atom. The predicted octanol–water partition coefficient (Wildman–Crippen LogP) is 0.968. The van der Waals surface area contributed by atoms with E-state index < -0.39 is 10.0 Å². The molecule has 0 saturated heterocycles. The maximum absolute atomic E-state index is 12.2. The van der Waals surface area contributed by atoms with Crippen LogP contribution in [0.4, 0.5) is 0 Å². The van der Waals surface area contributed by atoms with Crippen LogP contribution in [0.2, 0.25) is 0 Å². The van der Waals surface area contributed by atoms with Crippen LogP contribution in [0.5, 0.6) is 0 Å². The van der Waals surface area contributed by atoms with Gasteiger partial charge >= 0.3 is 0 Å². The molecular weight excluding hydrogens is 326 g/mol. The van der Waals surface area contributed by atoms with Crippen molar-refractivity contribution in [3.63, 3.8) is 0 Å². The number of nitrogens with two attached hydrogens (primary N) is 1. The van der Waals surface area contributed by atoms with Crippen molar-refractivity contribution in [2.24, 2.45) is 5.73 Å². The number of carbonyl (C=O) groups excluding carboxylic acids is 1. The Morgan fingerprint density at radius 3 is 2.36 bits per heavy atom. The first-order valence-electron chi connectivity index (χ1n) is 6.95. The Balaban J connectivity index is 0.00000242. The molecule has 2 rings (SSSR count). The van der Waals surface area contributed by atoms with Gasteiger partial charge in [-0.05, 0) is 44.0 Å². The minimum Gasteiger partial charge on any atom is -0.338 e. The topological polar surface area (TPSA) is 92.5 Å². The molecule has 0 spiro atoms. The van der Waals surface area contributed by atoms with Crippen molar-refractivity contribution in [1.29, 1.82) is 0 Å². The average molecular weight is 348 g/mol. The smallest absolute Gasteiger partial charge is 0.253 e. The molecule has 1 aromatic carbocycles.